The van der Waals surface area contributed by atoms with E-state index in [0.29, 0.717) is 12.0 Å². The SMILES string of the molecule is O=C(O)C1=C2C=CN2c2ccccc2C1. The molecule has 2 heterocycles. The summed E-state index contributed by atoms with van der Waals surface area (Å²) in [6, 6.07) is 7.89. The van der Waals surface area contributed by atoms with Gasteiger partial charge < -0.3 is 10.0 Å². The zero-order valence-electron chi connectivity index (χ0n) is 7.97. The summed E-state index contributed by atoms with van der Waals surface area (Å²) in [4.78, 5) is 13.0. The zero-order chi connectivity index (χ0) is 10.4. The fraction of sp³-hybridized carbons (Fsp3) is 0.0833. The lowest BCUT2D eigenvalue weighted by Gasteiger charge is -2.35. The van der Waals surface area contributed by atoms with Crippen LogP contribution in [0.25, 0.3) is 0 Å². The summed E-state index contributed by atoms with van der Waals surface area (Å²) in [6.45, 7) is 0. The van der Waals surface area contributed by atoms with Gasteiger partial charge in [-0.25, -0.2) is 4.79 Å². The summed E-state index contributed by atoms with van der Waals surface area (Å²) in [6.07, 6.45) is 4.26. The maximum Gasteiger partial charge on any atom is 0.334 e. The van der Waals surface area contributed by atoms with E-state index in [9.17, 15) is 4.79 Å². The smallest absolute Gasteiger partial charge is 0.334 e. The van der Waals surface area contributed by atoms with Gasteiger partial charge in [0.25, 0.3) is 0 Å². The van der Waals surface area contributed by atoms with Gasteiger partial charge in [0.1, 0.15) is 0 Å². The second-order valence-electron chi connectivity index (χ2n) is 3.66. The van der Waals surface area contributed by atoms with Crippen LogP contribution in [0.1, 0.15) is 5.56 Å². The van der Waals surface area contributed by atoms with Crippen LogP contribution in [-0.2, 0) is 11.2 Å². The molecule has 15 heavy (non-hydrogen) atoms. The molecule has 0 fully saturated rings. The molecule has 1 N–H and O–H groups in total. The number of nitrogens with zero attached hydrogens (tertiary/aromatic N) is 1. The number of para-hydroxylation sites is 1. The monoisotopic (exact) mass is 199 g/mol. The van der Waals surface area contributed by atoms with Crippen molar-refractivity contribution in [2.45, 2.75) is 6.42 Å². The lowest BCUT2D eigenvalue weighted by Crippen LogP contribution is -2.30. The molecule has 0 radical (unpaired) electrons. The van der Waals surface area contributed by atoms with Crippen LogP contribution in [0.2, 0.25) is 0 Å². The molecule has 0 aromatic heterocycles. The van der Waals surface area contributed by atoms with E-state index in [2.05, 4.69) is 0 Å². The molecule has 0 saturated heterocycles. The highest BCUT2D eigenvalue weighted by Gasteiger charge is 2.29. The molecule has 1 aromatic rings. The molecule has 2 aliphatic heterocycles. The zero-order valence-corrected chi connectivity index (χ0v) is 7.97. The molecule has 0 bridgehead atoms. The van der Waals surface area contributed by atoms with Gasteiger partial charge in [-0.3, -0.25) is 0 Å². The summed E-state index contributed by atoms with van der Waals surface area (Å²) in [7, 11) is 0. The standard InChI is InChI=1S/C12H9NO2/c14-12(15)9-7-8-3-1-2-4-10(8)13-6-5-11(9)13/h1-6H,7H2,(H,14,15). The molecule has 0 saturated carbocycles. The number of carboxylic acids is 1. The Hall–Kier alpha value is -2.03. The normalized spacial score (nSPS) is 16.9. The number of hydrogen-bond acceptors (Lipinski definition) is 2. The highest BCUT2D eigenvalue weighted by molar-refractivity contribution is 5.93. The van der Waals surface area contributed by atoms with Crippen LogP contribution < -0.4 is 4.90 Å². The Morgan fingerprint density at radius 3 is 2.80 bits per heavy atom. The van der Waals surface area contributed by atoms with Gasteiger partial charge >= 0.3 is 5.97 Å². The second kappa shape index (κ2) is 2.73. The van der Waals surface area contributed by atoms with Gasteiger partial charge in [0.05, 0.1) is 11.3 Å². The van der Waals surface area contributed by atoms with Crippen LogP contribution in [0.15, 0.2) is 47.8 Å². The largest absolute Gasteiger partial charge is 0.478 e. The predicted molar refractivity (Wildman–Crippen MR) is 56.4 cm³/mol. The van der Waals surface area contributed by atoms with Gasteiger partial charge in [-0.2, -0.15) is 0 Å². The molecule has 0 unspecified atom stereocenters. The number of anilines is 1. The molecular formula is C12H9NO2. The maximum absolute atomic E-state index is 11.0. The van der Waals surface area contributed by atoms with Gasteiger partial charge in [0.15, 0.2) is 0 Å². The fourth-order valence-electron chi connectivity index (χ4n) is 2.04. The van der Waals surface area contributed by atoms with Crippen LogP contribution in [0.3, 0.4) is 0 Å². The molecule has 3 nitrogen and oxygen atoms in total. The van der Waals surface area contributed by atoms with E-state index >= 15 is 0 Å². The summed E-state index contributed by atoms with van der Waals surface area (Å²) in [5, 5.41) is 9.07. The third-order valence-corrected chi connectivity index (χ3v) is 2.83. The lowest BCUT2D eigenvalue weighted by atomic mass is 9.93. The van der Waals surface area contributed by atoms with Crippen molar-refractivity contribution < 1.29 is 9.90 Å². The first-order chi connectivity index (χ1) is 7.27. The molecule has 3 rings (SSSR count). The molecule has 3 heteroatoms. The Bertz CT molecular complexity index is 514. The minimum Gasteiger partial charge on any atom is -0.478 e. The molecular weight excluding hydrogens is 190 g/mol. The van der Waals surface area contributed by atoms with Crippen molar-refractivity contribution in [3.05, 3.63) is 53.4 Å². The summed E-state index contributed by atoms with van der Waals surface area (Å²) < 4.78 is 0. The highest BCUT2D eigenvalue weighted by Crippen LogP contribution is 2.38. The van der Waals surface area contributed by atoms with Crippen molar-refractivity contribution in [3.8, 4) is 0 Å². The van der Waals surface area contributed by atoms with Crippen molar-refractivity contribution >= 4 is 11.7 Å². The Kier molecular flexibility index (Phi) is 1.51. The molecule has 74 valence electrons. The van der Waals surface area contributed by atoms with Gasteiger partial charge in [-0.1, -0.05) is 18.2 Å². The van der Waals surface area contributed by atoms with Crippen LogP contribution >= 0.6 is 0 Å². The van der Waals surface area contributed by atoms with Crippen LogP contribution in [0.5, 0.6) is 0 Å². The quantitative estimate of drug-likeness (QED) is 0.751. The molecule has 2 aliphatic rings. The maximum atomic E-state index is 11.0. The minimum atomic E-state index is -0.825. The third kappa shape index (κ3) is 1.03. The third-order valence-electron chi connectivity index (χ3n) is 2.83. The predicted octanol–water partition coefficient (Wildman–Crippen LogP) is 1.92. The number of carbonyl (C=O) groups is 1. The van der Waals surface area contributed by atoms with Crippen molar-refractivity contribution in [2.75, 3.05) is 4.90 Å². The molecule has 1 aromatic carbocycles. The first kappa shape index (κ1) is 8.29. The van der Waals surface area contributed by atoms with E-state index in [-0.39, 0.29) is 0 Å². The minimum absolute atomic E-state index is 0.483. The number of benzene rings is 1. The number of fused-ring (bicyclic) bond motifs is 3. The summed E-state index contributed by atoms with van der Waals surface area (Å²) >= 11 is 0. The van der Waals surface area contributed by atoms with Gasteiger partial charge in [-0.05, 0) is 17.7 Å². The van der Waals surface area contributed by atoms with Crippen LogP contribution in [-0.4, -0.2) is 11.1 Å². The van der Waals surface area contributed by atoms with Crippen molar-refractivity contribution in [3.63, 3.8) is 0 Å². The second-order valence-corrected chi connectivity index (χ2v) is 3.66. The van der Waals surface area contributed by atoms with Crippen LogP contribution in [0, 0.1) is 0 Å². The van der Waals surface area contributed by atoms with E-state index in [0.717, 1.165) is 16.9 Å². The highest BCUT2D eigenvalue weighted by atomic mass is 16.4. The Balaban J connectivity index is 2.17. The first-order valence-electron chi connectivity index (χ1n) is 4.79. The van der Waals surface area contributed by atoms with E-state index in [4.69, 9.17) is 5.11 Å². The Morgan fingerprint density at radius 2 is 2.13 bits per heavy atom. The van der Waals surface area contributed by atoms with E-state index in [1.165, 1.54) is 0 Å². The van der Waals surface area contributed by atoms with E-state index < -0.39 is 5.97 Å². The number of carboxylic acid groups (broad SMARTS) is 1. The van der Waals surface area contributed by atoms with E-state index in [1.807, 2.05) is 41.4 Å². The number of hydrogen-bond donors (Lipinski definition) is 1. The van der Waals surface area contributed by atoms with Gasteiger partial charge in [-0.15, -0.1) is 0 Å². The fourth-order valence-corrected chi connectivity index (χ4v) is 2.04. The van der Waals surface area contributed by atoms with Gasteiger partial charge in [0.2, 0.25) is 0 Å². The first-order valence-corrected chi connectivity index (χ1v) is 4.79. The van der Waals surface area contributed by atoms with Crippen molar-refractivity contribution in [1.82, 2.24) is 0 Å². The van der Waals surface area contributed by atoms with Crippen LogP contribution in [0.4, 0.5) is 5.69 Å². The number of allylic oxidation sites excluding steroid dienone is 1. The number of rotatable bonds is 1. The topological polar surface area (TPSA) is 40.5 Å². The van der Waals surface area contributed by atoms with Crippen molar-refractivity contribution in [2.24, 2.45) is 0 Å². The molecule has 0 aliphatic carbocycles. The summed E-state index contributed by atoms with van der Waals surface area (Å²) in [5.74, 6) is -0.825. The van der Waals surface area contributed by atoms with Gasteiger partial charge in [0, 0.05) is 18.3 Å². The van der Waals surface area contributed by atoms with Crippen molar-refractivity contribution in [1.29, 1.82) is 0 Å². The number of aliphatic carboxylic acids is 1. The molecule has 0 atom stereocenters. The summed E-state index contributed by atoms with van der Waals surface area (Å²) in [5.41, 5.74) is 3.47. The average molecular weight is 199 g/mol. The van der Waals surface area contributed by atoms with E-state index in [1.54, 1.807) is 0 Å². The Morgan fingerprint density at radius 1 is 1.33 bits per heavy atom. The molecule has 0 amide bonds. The Labute approximate surface area is 86.9 Å². The lowest BCUT2D eigenvalue weighted by molar-refractivity contribution is -0.132. The average Bonchev–Trinajstić information content (AvgIpc) is 2.16. The molecule has 0 spiro atoms.